The van der Waals surface area contributed by atoms with E-state index in [1.54, 1.807) is 6.07 Å². The number of carbonyl (C=O) groups excluding carboxylic acids is 1. The SMILES string of the molecule is O=Cc1ccc2ncc(-c3cn(C4CCCCO4)nc3C(F)(F)F)cc2n1. The molecule has 140 valence electrons. The second-order valence-electron chi connectivity index (χ2n) is 6.31. The maximum Gasteiger partial charge on any atom is 0.435 e. The minimum Gasteiger partial charge on any atom is -0.357 e. The Morgan fingerprint density at radius 2 is 2.07 bits per heavy atom. The van der Waals surface area contributed by atoms with Crippen molar-refractivity contribution in [3.63, 3.8) is 0 Å². The quantitative estimate of drug-likeness (QED) is 0.646. The van der Waals surface area contributed by atoms with Crippen LogP contribution in [0.15, 0.2) is 30.6 Å². The number of hydrogen-bond acceptors (Lipinski definition) is 5. The summed E-state index contributed by atoms with van der Waals surface area (Å²) in [6, 6.07) is 4.58. The van der Waals surface area contributed by atoms with Gasteiger partial charge in [-0.1, -0.05) is 0 Å². The lowest BCUT2D eigenvalue weighted by Gasteiger charge is -2.22. The molecule has 1 saturated heterocycles. The lowest BCUT2D eigenvalue weighted by atomic mass is 10.1. The highest BCUT2D eigenvalue weighted by atomic mass is 19.4. The van der Waals surface area contributed by atoms with Crippen LogP contribution in [0.2, 0.25) is 0 Å². The summed E-state index contributed by atoms with van der Waals surface area (Å²) in [5, 5.41) is 3.76. The molecule has 0 amide bonds. The lowest BCUT2D eigenvalue weighted by Crippen LogP contribution is -2.19. The number of fused-ring (bicyclic) bond motifs is 1. The highest BCUT2D eigenvalue weighted by Gasteiger charge is 2.38. The number of aromatic nitrogens is 4. The molecule has 4 heterocycles. The van der Waals surface area contributed by atoms with Crippen LogP contribution < -0.4 is 0 Å². The Kier molecular flexibility index (Phi) is 4.39. The van der Waals surface area contributed by atoms with Crippen LogP contribution in [0.4, 0.5) is 13.2 Å². The standard InChI is InChI=1S/C18H15F3N4O2/c19-18(20,21)17-13(9-25(24-17)16-3-1-2-6-27-16)11-7-15-14(22-8-11)5-4-12(10-26)23-15/h4-5,7-10,16H,1-3,6H2. The van der Waals surface area contributed by atoms with Crippen LogP contribution in [0.25, 0.3) is 22.2 Å². The van der Waals surface area contributed by atoms with Crippen LogP contribution in [0.3, 0.4) is 0 Å². The number of rotatable bonds is 3. The van der Waals surface area contributed by atoms with Crippen molar-refractivity contribution in [1.29, 1.82) is 0 Å². The molecule has 9 heteroatoms. The summed E-state index contributed by atoms with van der Waals surface area (Å²) in [7, 11) is 0. The fourth-order valence-electron chi connectivity index (χ4n) is 3.13. The smallest absolute Gasteiger partial charge is 0.357 e. The number of ether oxygens (including phenoxy) is 1. The predicted molar refractivity (Wildman–Crippen MR) is 90.0 cm³/mol. The molecular formula is C18H15F3N4O2. The summed E-state index contributed by atoms with van der Waals surface area (Å²) in [6.07, 6.45) is 0.496. The number of carbonyl (C=O) groups is 1. The second kappa shape index (κ2) is 6.73. The van der Waals surface area contributed by atoms with Crippen molar-refractivity contribution in [3.8, 4) is 11.1 Å². The molecule has 3 aromatic heterocycles. The van der Waals surface area contributed by atoms with E-state index in [0.29, 0.717) is 30.3 Å². The summed E-state index contributed by atoms with van der Waals surface area (Å²) in [6.45, 7) is 0.497. The minimum absolute atomic E-state index is 0.0932. The van der Waals surface area contributed by atoms with Gasteiger partial charge in [0, 0.05) is 30.1 Å². The predicted octanol–water partition coefficient (Wildman–Crippen LogP) is 4.02. The first-order valence-electron chi connectivity index (χ1n) is 8.46. The maximum absolute atomic E-state index is 13.5. The van der Waals surface area contributed by atoms with Crippen molar-refractivity contribution < 1.29 is 22.7 Å². The van der Waals surface area contributed by atoms with E-state index in [2.05, 4.69) is 15.1 Å². The topological polar surface area (TPSA) is 69.9 Å². The molecule has 1 aliphatic heterocycles. The summed E-state index contributed by atoms with van der Waals surface area (Å²) < 4.78 is 47.4. The van der Waals surface area contributed by atoms with E-state index >= 15 is 0 Å². The highest BCUT2D eigenvalue weighted by Crippen LogP contribution is 2.38. The monoisotopic (exact) mass is 376 g/mol. The van der Waals surface area contributed by atoms with Crippen LogP contribution in [-0.2, 0) is 10.9 Å². The Morgan fingerprint density at radius 3 is 2.78 bits per heavy atom. The summed E-state index contributed by atoms with van der Waals surface area (Å²) >= 11 is 0. The van der Waals surface area contributed by atoms with E-state index in [0.717, 1.165) is 12.8 Å². The Hall–Kier alpha value is -2.81. The van der Waals surface area contributed by atoms with E-state index < -0.39 is 18.1 Å². The van der Waals surface area contributed by atoms with Gasteiger partial charge in [-0.3, -0.25) is 9.78 Å². The van der Waals surface area contributed by atoms with E-state index in [1.807, 2.05) is 0 Å². The van der Waals surface area contributed by atoms with Gasteiger partial charge in [0.15, 0.2) is 12.0 Å². The van der Waals surface area contributed by atoms with E-state index in [9.17, 15) is 18.0 Å². The fourth-order valence-corrected chi connectivity index (χ4v) is 3.13. The van der Waals surface area contributed by atoms with Gasteiger partial charge < -0.3 is 4.74 Å². The average Bonchev–Trinajstić information content (AvgIpc) is 3.14. The molecule has 3 aromatic rings. The number of pyridine rings is 2. The molecule has 4 rings (SSSR count). The van der Waals surface area contributed by atoms with E-state index in [4.69, 9.17) is 4.74 Å². The zero-order chi connectivity index (χ0) is 19.0. The summed E-state index contributed by atoms with van der Waals surface area (Å²) in [5.74, 6) is 0. The second-order valence-corrected chi connectivity index (χ2v) is 6.31. The number of halogens is 3. The van der Waals surface area contributed by atoms with Crippen molar-refractivity contribution >= 4 is 17.3 Å². The van der Waals surface area contributed by atoms with Gasteiger partial charge in [0.25, 0.3) is 0 Å². The molecule has 0 aliphatic carbocycles. The van der Waals surface area contributed by atoms with E-state index in [1.165, 1.54) is 29.2 Å². The van der Waals surface area contributed by atoms with Crippen molar-refractivity contribution in [1.82, 2.24) is 19.7 Å². The third-order valence-electron chi connectivity index (χ3n) is 4.44. The van der Waals surface area contributed by atoms with Gasteiger partial charge in [0.1, 0.15) is 11.9 Å². The van der Waals surface area contributed by atoms with Gasteiger partial charge in [-0.15, -0.1) is 0 Å². The van der Waals surface area contributed by atoms with Crippen molar-refractivity contribution in [2.24, 2.45) is 0 Å². The van der Waals surface area contributed by atoms with Crippen LogP contribution in [0, 0.1) is 0 Å². The van der Waals surface area contributed by atoms with Crippen molar-refractivity contribution in [3.05, 3.63) is 42.0 Å². The Morgan fingerprint density at radius 1 is 1.22 bits per heavy atom. The van der Waals surface area contributed by atoms with Gasteiger partial charge in [0.05, 0.1) is 11.0 Å². The van der Waals surface area contributed by atoms with Crippen LogP contribution in [0.5, 0.6) is 0 Å². The summed E-state index contributed by atoms with van der Waals surface area (Å²) in [5.41, 5.74) is 0.151. The third kappa shape index (κ3) is 3.42. The number of hydrogen-bond donors (Lipinski definition) is 0. The molecule has 0 bridgehead atoms. The van der Waals surface area contributed by atoms with Crippen molar-refractivity contribution in [2.45, 2.75) is 31.7 Å². The van der Waals surface area contributed by atoms with Gasteiger partial charge >= 0.3 is 6.18 Å². The van der Waals surface area contributed by atoms with Crippen LogP contribution in [0.1, 0.15) is 41.7 Å². The maximum atomic E-state index is 13.5. The van der Waals surface area contributed by atoms with Gasteiger partial charge in [-0.2, -0.15) is 18.3 Å². The molecule has 0 aromatic carbocycles. The Balaban J connectivity index is 1.82. The Bertz CT molecular complexity index is 994. The molecule has 27 heavy (non-hydrogen) atoms. The minimum atomic E-state index is -4.62. The molecule has 0 radical (unpaired) electrons. The lowest BCUT2D eigenvalue weighted by molar-refractivity contribution is -0.141. The molecule has 1 atom stereocenters. The highest BCUT2D eigenvalue weighted by molar-refractivity contribution is 5.84. The molecule has 0 saturated carbocycles. The molecule has 1 unspecified atom stereocenters. The van der Waals surface area contributed by atoms with Crippen LogP contribution in [-0.4, -0.2) is 32.6 Å². The van der Waals surface area contributed by atoms with Crippen molar-refractivity contribution in [2.75, 3.05) is 6.61 Å². The fraction of sp³-hybridized carbons (Fsp3) is 0.333. The number of alkyl halides is 3. The van der Waals surface area contributed by atoms with Gasteiger partial charge in [-0.25, -0.2) is 9.67 Å². The van der Waals surface area contributed by atoms with Gasteiger partial charge in [0.2, 0.25) is 0 Å². The molecule has 0 spiro atoms. The van der Waals surface area contributed by atoms with Gasteiger partial charge in [-0.05, 0) is 37.5 Å². The average molecular weight is 376 g/mol. The van der Waals surface area contributed by atoms with Crippen LogP contribution >= 0.6 is 0 Å². The first-order valence-corrected chi connectivity index (χ1v) is 8.46. The molecular weight excluding hydrogens is 361 g/mol. The molecule has 1 aliphatic rings. The Labute approximate surface area is 152 Å². The number of aldehydes is 1. The molecule has 6 nitrogen and oxygen atoms in total. The normalized spacial score (nSPS) is 18.0. The first-order chi connectivity index (χ1) is 13.0. The first kappa shape index (κ1) is 17.6. The zero-order valence-electron chi connectivity index (χ0n) is 14.1. The van der Waals surface area contributed by atoms with E-state index in [-0.39, 0.29) is 16.8 Å². The molecule has 0 N–H and O–H groups in total. The zero-order valence-corrected chi connectivity index (χ0v) is 14.1. The number of nitrogens with zero attached hydrogens (tertiary/aromatic N) is 4. The third-order valence-corrected chi connectivity index (χ3v) is 4.44. The largest absolute Gasteiger partial charge is 0.435 e. The molecule has 1 fully saturated rings. The summed E-state index contributed by atoms with van der Waals surface area (Å²) in [4.78, 5) is 19.2.